The normalized spacial score (nSPS) is 10.8. The van der Waals surface area contributed by atoms with Crippen molar-refractivity contribution < 1.29 is 10.2 Å². The van der Waals surface area contributed by atoms with Crippen molar-refractivity contribution in [3.63, 3.8) is 0 Å². The molecule has 0 aliphatic carbocycles. The van der Waals surface area contributed by atoms with Crippen molar-refractivity contribution in [2.24, 2.45) is 10.7 Å². The highest BCUT2D eigenvalue weighted by molar-refractivity contribution is 5.83. The summed E-state index contributed by atoms with van der Waals surface area (Å²) < 4.78 is 0. The molecule has 0 radical (unpaired) electrons. The van der Waals surface area contributed by atoms with E-state index in [1.807, 2.05) is 0 Å². The number of phenols is 2. The maximum Gasteiger partial charge on any atom is 0.124 e. The Labute approximate surface area is 76.3 Å². The molecule has 4 nitrogen and oxygen atoms in total. The summed E-state index contributed by atoms with van der Waals surface area (Å²) in [5, 5.41) is 18.4. The van der Waals surface area contributed by atoms with Gasteiger partial charge in [-0.15, -0.1) is 0 Å². The number of benzene rings is 1. The number of nitrogens with zero attached hydrogens (tertiary/aromatic N) is 1. The van der Waals surface area contributed by atoms with E-state index in [2.05, 4.69) is 4.99 Å². The standard InChI is InChI=1S/C9H12N2O2/c10-3-4-11-6-7-5-8(12)1-2-9(7)13/h1-2,5-6,12-13H,3-4,10H2. The van der Waals surface area contributed by atoms with Crippen LogP contribution in [0.2, 0.25) is 0 Å². The summed E-state index contributed by atoms with van der Waals surface area (Å²) in [5.74, 6) is 0.200. The van der Waals surface area contributed by atoms with Crippen LogP contribution in [0.3, 0.4) is 0 Å². The fraction of sp³-hybridized carbons (Fsp3) is 0.222. The highest BCUT2D eigenvalue weighted by Gasteiger charge is 1.98. The molecule has 13 heavy (non-hydrogen) atoms. The second kappa shape index (κ2) is 4.47. The van der Waals surface area contributed by atoms with Crippen LogP contribution in [0, 0.1) is 0 Å². The number of hydrogen-bond donors (Lipinski definition) is 3. The lowest BCUT2D eigenvalue weighted by molar-refractivity contribution is 0.459. The van der Waals surface area contributed by atoms with Gasteiger partial charge in [0.2, 0.25) is 0 Å². The summed E-state index contributed by atoms with van der Waals surface area (Å²) in [6.07, 6.45) is 1.49. The lowest BCUT2D eigenvalue weighted by atomic mass is 10.2. The molecule has 0 saturated heterocycles. The topological polar surface area (TPSA) is 78.8 Å². The highest BCUT2D eigenvalue weighted by Crippen LogP contribution is 2.19. The van der Waals surface area contributed by atoms with Gasteiger partial charge in [0.1, 0.15) is 11.5 Å². The molecule has 0 bridgehead atoms. The van der Waals surface area contributed by atoms with Gasteiger partial charge in [0, 0.05) is 18.3 Å². The molecule has 0 amide bonds. The van der Waals surface area contributed by atoms with E-state index in [0.29, 0.717) is 18.7 Å². The molecule has 0 aliphatic rings. The van der Waals surface area contributed by atoms with E-state index in [9.17, 15) is 5.11 Å². The van der Waals surface area contributed by atoms with Gasteiger partial charge in [-0.3, -0.25) is 4.99 Å². The molecule has 4 N–H and O–H groups in total. The predicted octanol–water partition coefficient (Wildman–Crippen LogP) is 0.475. The molecule has 0 aromatic heterocycles. The van der Waals surface area contributed by atoms with Gasteiger partial charge in [-0.2, -0.15) is 0 Å². The fourth-order valence-corrected chi connectivity index (χ4v) is 0.883. The van der Waals surface area contributed by atoms with Crippen molar-refractivity contribution in [1.29, 1.82) is 0 Å². The minimum Gasteiger partial charge on any atom is -0.508 e. The van der Waals surface area contributed by atoms with Crippen molar-refractivity contribution in [1.82, 2.24) is 0 Å². The van der Waals surface area contributed by atoms with Crippen LogP contribution in [-0.4, -0.2) is 29.5 Å². The minimum absolute atomic E-state index is 0.0959. The number of hydrogen-bond acceptors (Lipinski definition) is 4. The van der Waals surface area contributed by atoms with Crippen LogP contribution in [0.4, 0.5) is 0 Å². The third-order valence-corrected chi connectivity index (χ3v) is 1.50. The smallest absolute Gasteiger partial charge is 0.124 e. The van der Waals surface area contributed by atoms with Gasteiger partial charge in [0.25, 0.3) is 0 Å². The first-order valence-corrected chi connectivity index (χ1v) is 3.96. The van der Waals surface area contributed by atoms with Gasteiger partial charge in [0.15, 0.2) is 0 Å². The van der Waals surface area contributed by atoms with Gasteiger partial charge in [-0.1, -0.05) is 0 Å². The van der Waals surface area contributed by atoms with E-state index in [1.54, 1.807) is 0 Å². The Bertz CT molecular complexity index is 310. The number of aliphatic imine (C=N–C) groups is 1. The van der Waals surface area contributed by atoms with Crippen LogP contribution < -0.4 is 5.73 Å². The molecule has 0 fully saturated rings. The average Bonchev–Trinajstić information content (AvgIpc) is 2.11. The quantitative estimate of drug-likeness (QED) is 0.467. The van der Waals surface area contributed by atoms with E-state index in [1.165, 1.54) is 24.4 Å². The third-order valence-electron chi connectivity index (χ3n) is 1.50. The first-order chi connectivity index (χ1) is 6.24. The molecule has 0 saturated carbocycles. The zero-order valence-electron chi connectivity index (χ0n) is 7.14. The van der Waals surface area contributed by atoms with E-state index >= 15 is 0 Å². The summed E-state index contributed by atoms with van der Waals surface area (Å²) in [6.45, 7) is 0.977. The molecule has 0 atom stereocenters. The number of rotatable bonds is 3. The maximum atomic E-state index is 9.30. The van der Waals surface area contributed by atoms with Crippen LogP contribution in [-0.2, 0) is 0 Å². The van der Waals surface area contributed by atoms with E-state index in [4.69, 9.17) is 10.8 Å². The fourth-order valence-electron chi connectivity index (χ4n) is 0.883. The number of aromatic hydroxyl groups is 2. The van der Waals surface area contributed by atoms with Gasteiger partial charge < -0.3 is 15.9 Å². The van der Waals surface area contributed by atoms with Crippen molar-refractivity contribution in [3.05, 3.63) is 23.8 Å². The average molecular weight is 180 g/mol. The Morgan fingerprint density at radius 2 is 2.15 bits per heavy atom. The van der Waals surface area contributed by atoms with Crippen LogP contribution in [0.25, 0.3) is 0 Å². The summed E-state index contributed by atoms with van der Waals surface area (Å²) in [6, 6.07) is 4.27. The number of nitrogens with two attached hydrogens (primary N) is 1. The zero-order chi connectivity index (χ0) is 9.68. The van der Waals surface area contributed by atoms with Gasteiger partial charge >= 0.3 is 0 Å². The third kappa shape index (κ3) is 2.76. The maximum absolute atomic E-state index is 9.30. The largest absolute Gasteiger partial charge is 0.508 e. The summed E-state index contributed by atoms with van der Waals surface area (Å²) in [5.41, 5.74) is 5.73. The summed E-state index contributed by atoms with van der Waals surface area (Å²) >= 11 is 0. The SMILES string of the molecule is NCCN=Cc1cc(O)ccc1O. The monoisotopic (exact) mass is 180 g/mol. The van der Waals surface area contributed by atoms with Gasteiger partial charge in [-0.25, -0.2) is 0 Å². The molecule has 4 heteroatoms. The van der Waals surface area contributed by atoms with E-state index in [-0.39, 0.29) is 11.5 Å². The van der Waals surface area contributed by atoms with Crippen molar-refractivity contribution in [2.45, 2.75) is 0 Å². The Balaban J connectivity index is 2.81. The van der Waals surface area contributed by atoms with Crippen molar-refractivity contribution in [2.75, 3.05) is 13.1 Å². The van der Waals surface area contributed by atoms with Crippen LogP contribution in [0.15, 0.2) is 23.2 Å². The Kier molecular flexibility index (Phi) is 3.28. The first kappa shape index (κ1) is 9.54. The van der Waals surface area contributed by atoms with E-state index < -0.39 is 0 Å². The molecule has 0 unspecified atom stereocenters. The first-order valence-electron chi connectivity index (χ1n) is 3.96. The zero-order valence-corrected chi connectivity index (χ0v) is 7.14. The van der Waals surface area contributed by atoms with Crippen LogP contribution in [0.5, 0.6) is 11.5 Å². The summed E-state index contributed by atoms with van der Waals surface area (Å²) in [4.78, 5) is 3.94. The molecule has 1 aromatic carbocycles. The summed E-state index contributed by atoms with van der Waals surface area (Å²) in [7, 11) is 0. The van der Waals surface area contributed by atoms with Gasteiger partial charge in [0.05, 0.1) is 6.54 Å². The van der Waals surface area contributed by atoms with E-state index in [0.717, 1.165) is 0 Å². The molecular weight excluding hydrogens is 168 g/mol. The van der Waals surface area contributed by atoms with Crippen LogP contribution in [0.1, 0.15) is 5.56 Å². The highest BCUT2D eigenvalue weighted by atomic mass is 16.3. The van der Waals surface area contributed by atoms with Crippen molar-refractivity contribution >= 4 is 6.21 Å². The molecule has 0 spiro atoms. The molecule has 0 aliphatic heterocycles. The molecule has 0 heterocycles. The minimum atomic E-state index is 0.0959. The van der Waals surface area contributed by atoms with Gasteiger partial charge in [-0.05, 0) is 18.2 Å². The second-order valence-electron chi connectivity index (χ2n) is 2.57. The molecular formula is C9H12N2O2. The second-order valence-corrected chi connectivity index (χ2v) is 2.57. The lowest BCUT2D eigenvalue weighted by Crippen LogP contribution is -2.02. The lowest BCUT2D eigenvalue weighted by Gasteiger charge is -1.98. The Morgan fingerprint density at radius 3 is 2.85 bits per heavy atom. The Hall–Kier alpha value is -1.55. The van der Waals surface area contributed by atoms with Crippen LogP contribution >= 0.6 is 0 Å². The Morgan fingerprint density at radius 1 is 1.38 bits per heavy atom. The van der Waals surface area contributed by atoms with Crippen molar-refractivity contribution in [3.8, 4) is 11.5 Å². The molecule has 1 aromatic rings. The number of phenolic OH excluding ortho intramolecular Hbond substituents is 2. The molecule has 70 valence electrons. The predicted molar refractivity (Wildman–Crippen MR) is 51.3 cm³/mol. The molecule has 1 rings (SSSR count).